The number of benzene rings is 1. The van der Waals surface area contributed by atoms with Gasteiger partial charge in [-0.3, -0.25) is 4.79 Å². The molecular weight excluding hydrogens is 418 g/mol. The predicted molar refractivity (Wildman–Crippen MR) is 120 cm³/mol. The molecule has 0 radical (unpaired) electrons. The Morgan fingerprint density at radius 3 is 2.70 bits per heavy atom. The van der Waals surface area contributed by atoms with Crippen LogP contribution in [0.2, 0.25) is 0 Å². The number of carbonyl (C=O) groups is 2. The Hall–Kier alpha value is -3.08. The van der Waals surface area contributed by atoms with Gasteiger partial charge in [-0.2, -0.15) is 5.26 Å². The van der Waals surface area contributed by atoms with Crippen molar-refractivity contribution >= 4 is 23.0 Å². The van der Waals surface area contributed by atoms with Crippen LogP contribution >= 0.6 is 0 Å². The molecular formula is C25H29N5O3. The summed E-state index contributed by atoms with van der Waals surface area (Å²) in [6, 6.07) is 7.86. The van der Waals surface area contributed by atoms with Crippen LogP contribution < -0.4 is 5.73 Å². The fraction of sp³-hybridized carbons (Fsp3) is 0.600. The second-order valence-electron chi connectivity index (χ2n) is 10.7. The molecule has 1 saturated heterocycles. The molecule has 0 spiro atoms. The van der Waals surface area contributed by atoms with Crippen molar-refractivity contribution in [3.05, 3.63) is 29.6 Å². The van der Waals surface area contributed by atoms with Crippen molar-refractivity contribution in [3.63, 3.8) is 0 Å². The van der Waals surface area contributed by atoms with Gasteiger partial charge in [-0.1, -0.05) is 0 Å². The Labute approximate surface area is 192 Å². The van der Waals surface area contributed by atoms with Gasteiger partial charge in [0.25, 0.3) is 0 Å². The standard InChI is InChI=1S/C25H29N5O3/c1-14-28-20-8-15(12-26)2-3-21(20)30(14)19-4-5-29(13-19)24(32)33-22-17-6-16-7-18(22)11-25(9-16,10-17)23(27)31/h2-3,8,16-19,22H,4-7,9-11,13H2,1H3,(H2,27,31)/t16?,17-,18?,19?,22?,25?/m0/s1. The van der Waals surface area contributed by atoms with Gasteiger partial charge in [-0.15, -0.1) is 0 Å². The molecule has 7 rings (SSSR count). The Bertz CT molecular complexity index is 1180. The highest BCUT2D eigenvalue weighted by Gasteiger charge is 2.59. The van der Waals surface area contributed by atoms with Gasteiger partial charge in [0.2, 0.25) is 5.91 Å². The van der Waals surface area contributed by atoms with Gasteiger partial charge < -0.3 is 19.9 Å². The van der Waals surface area contributed by atoms with E-state index in [1.165, 1.54) is 0 Å². The summed E-state index contributed by atoms with van der Waals surface area (Å²) < 4.78 is 8.31. The number of fused-ring (bicyclic) bond motifs is 1. The van der Waals surface area contributed by atoms with Crippen molar-refractivity contribution in [2.45, 2.75) is 57.6 Å². The third kappa shape index (κ3) is 3.12. The molecule has 2 amide bonds. The van der Waals surface area contributed by atoms with Crippen LogP contribution in [0.3, 0.4) is 0 Å². The van der Waals surface area contributed by atoms with Crippen LogP contribution in [0.1, 0.15) is 56.0 Å². The lowest BCUT2D eigenvalue weighted by Crippen LogP contribution is -2.59. The Kier molecular flexibility index (Phi) is 4.48. The highest BCUT2D eigenvalue weighted by Crippen LogP contribution is 2.60. The molecule has 2 aromatic rings. The van der Waals surface area contributed by atoms with E-state index in [0.717, 1.165) is 55.4 Å². The molecule has 172 valence electrons. The summed E-state index contributed by atoms with van der Waals surface area (Å²) >= 11 is 0. The van der Waals surface area contributed by atoms with Crippen molar-refractivity contribution in [2.75, 3.05) is 13.1 Å². The smallest absolute Gasteiger partial charge is 0.410 e. The number of ether oxygens (including phenoxy) is 1. The first-order chi connectivity index (χ1) is 15.9. The zero-order chi connectivity index (χ0) is 22.9. The lowest BCUT2D eigenvalue weighted by molar-refractivity contribution is -0.161. The van der Waals surface area contributed by atoms with Gasteiger partial charge in [-0.05, 0) is 81.4 Å². The van der Waals surface area contributed by atoms with Gasteiger partial charge in [0.05, 0.1) is 34.1 Å². The molecule has 5 fully saturated rings. The van der Waals surface area contributed by atoms with Crippen molar-refractivity contribution < 1.29 is 14.3 Å². The van der Waals surface area contributed by atoms with E-state index in [1.54, 1.807) is 0 Å². The van der Waals surface area contributed by atoms with E-state index >= 15 is 0 Å². The molecule has 2 N–H and O–H groups in total. The topological polar surface area (TPSA) is 114 Å². The van der Waals surface area contributed by atoms with E-state index in [-0.39, 0.29) is 41.4 Å². The Balaban J connectivity index is 1.16. The average molecular weight is 448 g/mol. The van der Waals surface area contributed by atoms with Gasteiger partial charge in [0.15, 0.2) is 0 Å². The summed E-state index contributed by atoms with van der Waals surface area (Å²) in [6.07, 6.45) is 5.02. The summed E-state index contributed by atoms with van der Waals surface area (Å²) in [4.78, 5) is 31.8. The summed E-state index contributed by atoms with van der Waals surface area (Å²) in [7, 11) is 0. The predicted octanol–water partition coefficient (Wildman–Crippen LogP) is 3.28. The second kappa shape index (κ2) is 7.21. The SMILES string of the molecule is Cc1nc2cc(C#N)ccc2n1C1CCN(C(=O)OC2C3CC4C[C@H]2CC(C(N)=O)(C4)C3)C1. The van der Waals surface area contributed by atoms with Crippen LogP contribution in [0.15, 0.2) is 18.2 Å². The number of rotatable bonds is 3. The highest BCUT2D eigenvalue weighted by molar-refractivity contribution is 5.81. The minimum atomic E-state index is -0.371. The fourth-order valence-electron chi connectivity index (χ4n) is 7.53. The second-order valence-corrected chi connectivity index (χ2v) is 10.7. The molecule has 5 aliphatic rings. The first-order valence-corrected chi connectivity index (χ1v) is 12.0. The molecule has 1 aromatic heterocycles. The van der Waals surface area contributed by atoms with Gasteiger partial charge in [-0.25, -0.2) is 9.78 Å². The summed E-state index contributed by atoms with van der Waals surface area (Å²) in [5.74, 6) is 1.76. The number of nitriles is 1. The number of aryl methyl sites for hydroxylation is 1. The van der Waals surface area contributed by atoms with Crippen LogP contribution in [-0.4, -0.2) is 45.6 Å². The molecule has 8 nitrogen and oxygen atoms in total. The quantitative estimate of drug-likeness (QED) is 0.775. The molecule has 2 heterocycles. The molecule has 4 saturated carbocycles. The number of aromatic nitrogens is 2. The number of imidazole rings is 1. The van der Waals surface area contributed by atoms with Crippen LogP contribution in [0.25, 0.3) is 11.0 Å². The number of hydrogen-bond acceptors (Lipinski definition) is 5. The van der Waals surface area contributed by atoms with E-state index in [9.17, 15) is 9.59 Å². The monoisotopic (exact) mass is 447 g/mol. The van der Waals surface area contributed by atoms with Crippen molar-refractivity contribution in [3.8, 4) is 6.07 Å². The molecule has 1 aromatic carbocycles. The summed E-state index contributed by atoms with van der Waals surface area (Å²) in [6.45, 7) is 3.20. The lowest BCUT2D eigenvalue weighted by atomic mass is 9.48. The van der Waals surface area contributed by atoms with Gasteiger partial charge in [0, 0.05) is 13.1 Å². The first kappa shape index (κ1) is 20.5. The zero-order valence-corrected chi connectivity index (χ0v) is 18.9. The van der Waals surface area contributed by atoms with Crippen molar-refractivity contribution in [1.82, 2.24) is 14.5 Å². The average Bonchev–Trinajstić information content (AvgIpc) is 3.38. The van der Waals surface area contributed by atoms with Crippen LogP contribution in [0.4, 0.5) is 4.79 Å². The van der Waals surface area contributed by atoms with Gasteiger partial charge >= 0.3 is 6.09 Å². The molecule has 4 aliphatic carbocycles. The van der Waals surface area contributed by atoms with E-state index in [1.807, 2.05) is 30.0 Å². The fourth-order valence-corrected chi connectivity index (χ4v) is 7.53. The number of primary amides is 1. The molecule has 5 unspecified atom stereocenters. The maximum absolute atomic E-state index is 13.1. The summed E-state index contributed by atoms with van der Waals surface area (Å²) in [5.41, 5.74) is 7.81. The first-order valence-electron chi connectivity index (χ1n) is 12.0. The van der Waals surface area contributed by atoms with E-state index < -0.39 is 0 Å². The van der Waals surface area contributed by atoms with Crippen molar-refractivity contribution in [1.29, 1.82) is 5.26 Å². The normalized spacial score (nSPS) is 34.5. The van der Waals surface area contributed by atoms with Crippen LogP contribution in [-0.2, 0) is 9.53 Å². The van der Waals surface area contributed by atoms with E-state index in [4.69, 9.17) is 15.7 Å². The number of nitrogens with two attached hydrogens (primary N) is 1. The number of amides is 2. The van der Waals surface area contributed by atoms with Crippen LogP contribution in [0.5, 0.6) is 0 Å². The maximum Gasteiger partial charge on any atom is 0.410 e. The highest BCUT2D eigenvalue weighted by atomic mass is 16.6. The lowest BCUT2D eigenvalue weighted by Gasteiger charge is -2.58. The molecule has 4 bridgehead atoms. The number of hydrogen-bond donors (Lipinski definition) is 1. The molecule has 8 heteroatoms. The minimum absolute atomic E-state index is 0.0965. The molecule has 33 heavy (non-hydrogen) atoms. The van der Waals surface area contributed by atoms with E-state index in [2.05, 4.69) is 15.6 Å². The van der Waals surface area contributed by atoms with Crippen LogP contribution in [0, 0.1) is 41.4 Å². The Morgan fingerprint density at radius 2 is 2.00 bits per heavy atom. The Morgan fingerprint density at radius 1 is 1.24 bits per heavy atom. The number of carbonyl (C=O) groups excluding carboxylic acids is 2. The van der Waals surface area contributed by atoms with Crippen molar-refractivity contribution in [2.24, 2.45) is 28.9 Å². The molecule has 1 aliphatic heterocycles. The third-order valence-corrected chi connectivity index (χ3v) is 8.73. The zero-order valence-electron chi connectivity index (χ0n) is 18.9. The summed E-state index contributed by atoms with van der Waals surface area (Å²) in [5, 5.41) is 9.17. The van der Waals surface area contributed by atoms with E-state index in [0.29, 0.717) is 24.6 Å². The molecule has 6 atom stereocenters. The minimum Gasteiger partial charge on any atom is -0.446 e. The number of likely N-dealkylation sites (tertiary alicyclic amines) is 1. The largest absolute Gasteiger partial charge is 0.446 e. The van der Waals surface area contributed by atoms with Gasteiger partial charge in [0.1, 0.15) is 11.9 Å². The third-order valence-electron chi connectivity index (χ3n) is 8.73. The maximum atomic E-state index is 13.1. The number of nitrogens with zero attached hydrogens (tertiary/aromatic N) is 4.